The number of nitrogens with zero attached hydrogens (tertiary/aromatic N) is 1. The number of nitrogens with one attached hydrogen (secondary N) is 1. The number of fused-ring (bicyclic) bond motifs is 1. The highest BCUT2D eigenvalue weighted by molar-refractivity contribution is 7.42. The van der Waals surface area contributed by atoms with Crippen molar-refractivity contribution in [1.29, 1.82) is 0 Å². The minimum atomic E-state index is -2.79. The van der Waals surface area contributed by atoms with Crippen molar-refractivity contribution in [2.45, 2.75) is 37.8 Å². The van der Waals surface area contributed by atoms with E-state index in [4.69, 9.17) is 24.7 Å². The first kappa shape index (κ1) is 20.7. The van der Waals surface area contributed by atoms with Crippen LogP contribution in [-0.2, 0) is 20.4 Å². The van der Waals surface area contributed by atoms with Gasteiger partial charge in [-0.1, -0.05) is 5.92 Å². The first-order valence-corrected chi connectivity index (χ1v) is 9.87. The van der Waals surface area contributed by atoms with E-state index >= 15 is 0 Å². The monoisotopic (exact) mass is 438 g/mol. The lowest BCUT2D eigenvalue weighted by molar-refractivity contribution is -0.346. The molecule has 2 aromatic rings. The normalized spacial score (nSPS) is 23.5. The molecule has 0 bridgehead atoms. The number of aromatic amines is 1. The molecule has 0 saturated carbocycles. The van der Waals surface area contributed by atoms with Crippen molar-refractivity contribution in [1.82, 2.24) is 9.55 Å². The van der Waals surface area contributed by atoms with Gasteiger partial charge in [0.15, 0.2) is 0 Å². The Bertz CT molecular complexity index is 1120. The molecule has 4 rings (SSSR count). The van der Waals surface area contributed by atoms with Gasteiger partial charge in [0.05, 0.1) is 6.61 Å². The Labute approximate surface area is 169 Å². The Morgan fingerprint density at radius 3 is 2.93 bits per heavy atom. The van der Waals surface area contributed by atoms with E-state index in [1.165, 1.54) is 24.4 Å². The van der Waals surface area contributed by atoms with Crippen LogP contribution in [0.15, 0.2) is 34.0 Å². The molecule has 3 atom stereocenters. The molecule has 1 aromatic carbocycles. The van der Waals surface area contributed by atoms with Crippen molar-refractivity contribution < 1.29 is 32.9 Å². The van der Waals surface area contributed by atoms with Gasteiger partial charge in [-0.15, -0.1) is 6.42 Å². The van der Waals surface area contributed by atoms with Crippen LogP contribution in [0.3, 0.4) is 0 Å². The van der Waals surface area contributed by atoms with Gasteiger partial charge in [0.2, 0.25) is 0 Å². The molecule has 10 nitrogen and oxygen atoms in total. The van der Waals surface area contributed by atoms with Crippen LogP contribution >= 0.6 is 8.60 Å². The summed E-state index contributed by atoms with van der Waals surface area (Å²) >= 11 is 0. The second kappa shape index (κ2) is 7.92. The molecule has 2 aliphatic rings. The quantitative estimate of drug-likeness (QED) is 0.363. The van der Waals surface area contributed by atoms with Crippen molar-refractivity contribution in [2.75, 3.05) is 0 Å². The van der Waals surface area contributed by atoms with Crippen LogP contribution in [0, 0.1) is 18.2 Å². The van der Waals surface area contributed by atoms with Crippen LogP contribution in [0.25, 0.3) is 0 Å². The van der Waals surface area contributed by atoms with Crippen LogP contribution in [0.5, 0.6) is 5.75 Å². The van der Waals surface area contributed by atoms with E-state index in [2.05, 4.69) is 10.9 Å². The Morgan fingerprint density at radius 1 is 1.37 bits per heavy atom. The molecular formula is C18H16FN2O8P. The zero-order valence-corrected chi connectivity index (χ0v) is 16.2. The maximum absolute atomic E-state index is 13.3. The zero-order chi connectivity index (χ0) is 21.5. The maximum atomic E-state index is 13.3. The molecule has 2 aliphatic heterocycles. The Kier molecular flexibility index (Phi) is 5.46. The number of hydrogen-bond acceptors (Lipinski definition) is 8. The summed E-state index contributed by atoms with van der Waals surface area (Å²) in [6.45, 7) is -0.0370. The molecule has 158 valence electrons. The van der Waals surface area contributed by atoms with Gasteiger partial charge in [-0.05, 0) is 31.0 Å². The summed E-state index contributed by atoms with van der Waals surface area (Å²) in [5, 5.41) is 20.7. The highest BCUT2D eigenvalue weighted by Crippen LogP contribution is 2.50. The van der Waals surface area contributed by atoms with E-state index in [1.807, 2.05) is 0 Å². The van der Waals surface area contributed by atoms with E-state index in [0.29, 0.717) is 11.3 Å². The standard InChI is InChI=1S/C18H16FN2O8P/c1-2-10-8-21(17(23)20-16(10)22)15-6-5-14(27-15)18(24,25)29-30-26-9-11-7-12(19)3-4-13(11)28-30/h1,3-4,7-8,14-15,24-25H,5-6,9H2,(H,20,22,23). The van der Waals surface area contributed by atoms with Gasteiger partial charge < -0.3 is 19.5 Å². The van der Waals surface area contributed by atoms with Gasteiger partial charge in [-0.2, -0.15) is 0 Å². The Hall–Kier alpha value is -2.58. The summed E-state index contributed by atoms with van der Waals surface area (Å²) in [6.07, 6.45) is 4.58. The predicted molar refractivity (Wildman–Crippen MR) is 99.4 cm³/mol. The number of aliphatic hydroxyl groups is 2. The van der Waals surface area contributed by atoms with Crippen LogP contribution in [0.2, 0.25) is 0 Å². The third-order valence-corrected chi connectivity index (χ3v) is 5.68. The van der Waals surface area contributed by atoms with Crippen LogP contribution in [0.1, 0.15) is 30.2 Å². The first-order valence-electron chi connectivity index (χ1n) is 8.77. The van der Waals surface area contributed by atoms with Crippen LogP contribution in [-0.4, -0.2) is 31.8 Å². The van der Waals surface area contributed by atoms with E-state index in [0.717, 1.165) is 4.57 Å². The van der Waals surface area contributed by atoms with Crippen molar-refractivity contribution in [3.8, 4) is 18.1 Å². The molecule has 1 saturated heterocycles. The van der Waals surface area contributed by atoms with Gasteiger partial charge >= 0.3 is 20.3 Å². The molecule has 0 radical (unpaired) electrons. The second-order valence-electron chi connectivity index (χ2n) is 6.60. The van der Waals surface area contributed by atoms with Crippen molar-refractivity contribution in [2.24, 2.45) is 0 Å². The Balaban J connectivity index is 1.45. The molecule has 0 amide bonds. The smallest absolute Gasteiger partial charge is 0.402 e. The fraction of sp³-hybridized carbons (Fsp3) is 0.333. The summed E-state index contributed by atoms with van der Waals surface area (Å²) in [7, 11) is -2.20. The van der Waals surface area contributed by atoms with Crippen molar-refractivity contribution >= 4 is 8.60 Å². The average Bonchev–Trinajstić information content (AvgIpc) is 3.19. The molecule has 0 spiro atoms. The molecule has 1 aromatic heterocycles. The van der Waals surface area contributed by atoms with Crippen LogP contribution < -0.4 is 15.8 Å². The molecular weight excluding hydrogens is 422 g/mol. The SMILES string of the molecule is C#Cc1cn(C2CCC(C(O)(O)OP3OCc4cc(F)ccc4O3)O2)c(=O)[nH]c1=O. The van der Waals surface area contributed by atoms with E-state index in [9.17, 15) is 24.2 Å². The molecule has 1 fully saturated rings. The topological polar surface area (TPSA) is 132 Å². The largest absolute Gasteiger partial charge is 0.426 e. The lowest BCUT2D eigenvalue weighted by Crippen LogP contribution is -2.44. The summed E-state index contributed by atoms with van der Waals surface area (Å²) in [6, 6.07) is 3.82. The number of halogens is 1. The average molecular weight is 438 g/mol. The highest BCUT2D eigenvalue weighted by atomic mass is 31.2. The molecule has 3 unspecified atom stereocenters. The van der Waals surface area contributed by atoms with E-state index in [1.54, 1.807) is 0 Å². The van der Waals surface area contributed by atoms with Crippen LogP contribution in [0.4, 0.5) is 4.39 Å². The predicted octanol–water partition coefficient (Wildman–Crippen LogP) is 0.826. The Morgan fingerprint density at radius 2 is 2.17 bits per heavy atom. The molecule has 0 aliphatic carbocycles. The number of hydrogen-bond donors (Lipinski definition) is 3. The third kappa shape index (κ3) is 4.02. The van der Waals surface area contributed by atoms with Gasteiger partial charge in [-0.25, -0.2) is 13.7 Å². The number of H-pyrrole nitrogens is 1. The van der Waals surface area contributed by atoms with E-state index < -0.39 is 44.0 Å². The highest BCUT2D eigenvalue weighted by Gasteiger charge is 2.47. The summed E-state index contributed by atoms with van der Waals surface area (Å²) in [5.74, 6) is -0.789. The first-order chi connectivity index (χ1) is 14.3. The van der Waals surface area contributed by atoms with Gasteiger partial charge in [0, 0.05) is 11.8 Å². The zero-order valence-electron chi connectivity index (χ0n) is 15.3. The fourth-order valence-electron chi connectivity index (χ4n) is 3.10. The van der Waals surface area contributed by atoms with Crippen molar-refractivity contribution in [3.05, 3.63) is 62.2 Å². The van der Waals surface area contributed by atoms with E-state index in [-0.39, 0.29) is 25.0 Å². The number of rotatable bonds is 4. The fourth-order valence-corrected chi connectivity index (χ4v) is 4.16. The molecule has 12 heteroatoms. The minimum Gasteiger partial charge on any atom is -0.426 e. The van der Waals surface area contributed by atoms with Gasteiger partial charge in [-0.3, -0.25) is 18.9 Å². The molecule has 3 heterocycles. The second-order valence-corrected chi connectivity index (χ2v) is 7.67. The summed E-state index contributed by atoms with van der Waals surface area (Å²) < 4.78 is 35.7. The van der Waals surface area contributed by atoms with Crippen molar-refractivity contribution in [3.63, 3.8) is 0 Å². The number of benzene rings is 1. The lowest BCUT2D eigenvalue weighted by atomic mass is 10.2. The summed E-state index contributed by atoms with van der Waals surface area (Å²) in [4.78, 5) is 25.7. The molecule has 30 heavy (non-hydrogen) atoms. The third-order valence-electron chi connectivity index (χ3n) is 4.58. The number of aromatic nitrogens is 2. The van der Waals surface area contributed by atoms with Gasteiger partial charge in [0.1, 0.15) is 29.5 Å². The number of ether oxygens (including phenoxy) is 1. The lowest BCUT2D eigenvalue weighted by Gasteiger charge is -2.32. The minimum absolute atomic E-state index is 0.0370. The summed E-state index contributed by atoms with van der Waals surface area (Å²) in [5.41, 5.74) is -1.07. The number of terminal acetylenes is 1. The van der Waals surface area contributed by atoms with Gasteiger partial charge in [0.25, 0.3) is 5.56 Å². The maximum Gasteiger partial charge on any atom is 0.402 e. The molecule has 3 N–H and O–H groups in total.